The number of nitrogen functional groups attached to an aromatic ring is 1. The molecular formula is C10H9FN4O2. The monoisotopic (exact) mass is 236 g/mol. The van der Waals surface area contributed by atoms with Crippen LogP contribution < -0.4 is 5.73 Å². The predicted octanol–water partition coefficient (Wildman–Crippen LogP) is 0.775. The van der Waals surface area contributed by atoms with E-state index in [0.29, 0.717) is 5.82 Å². The zero-order valence-electron chi connectivity index (χ0n) is 8.92. The van der Waals surface area contributed by atoms with Crippen LogP contribution in [0.15, 0.2) is 24.5 Å². The second kappa shape index (κ2) is 4.20. The first-order valence-electron chi connectivity index (χ1n) is 4.67. The van der Waals surface area contributed by atoms with E-state index in [0.717, 1.165) is 6.20 Å². The fraction of sp³-hybridized carbons (Fsp3) is 0.100. The Labute approximate surface area is 95.8 Å². The van der Waals surface area contributed by atoms with E-state index < -0.39 is 11.8 Å². The van der Waals surface area contributed by atoms with Crippen molar-refractivity contribution in [3.8, 4) is 5.82 Å². The van der Waals surface area contributed by atoms with Crippen LogP contribution in [0, 0.1) is 5.82 Å². The highest BCUT2D eigenvalue weighted by molar-refractivity contribution is 5.92. The summed E-state index contributed by atoms with van der Waals surface area (Å²) in [6.45, 7) is 0. The van der Waals surface area contributed by atoms with Gasteiger partial charge in [0.2, 0.25) is 0 Å². The lowest BCUT2D eigenvalue weighted by Gasteiger charge is -1.98. The molecule has 0 aliphatic heterocycles. The van der Waals surface area contributed by atoms with Gasteiger partial charge in [-0.1, -0.05) is 0 Å². The van der Waals surface area contributed by atoms with Gasteiger partial charge in [0.05, 0.1) is 25.2 Å². The third-order valence-electron chi connectivity index (χ3n) is 2.07. The van der Waals surface area contributed by atoms with Gasteiger partial charge in [-0.15, -0.1) is 0 Å². The first-order valence-corrected chi connectivity index (χ1v) is 4.67. The number of anilines is 1. The van der Waals surface area contributed by atoms with Crippen molar-refractivity contribution in [1.29, 1.82) is 0 Å². The van der Waals surface area contributed by atoms with Gasteiger partial charge in [0.15, 0.2) is 11.5 Å². The summed E-state index contributed by atoms with van der Waals surface area (Å²) in [5, 5.41) is 3.91. The zero-order chi connectivity index (χ0) is 12.4. The number of hydrogen-bond acceptors (Lipinski definition) is 5. The molecule has 0 unspecified atom stereocenters. The number of ether oxygens (including phenoxy) is 1. The van der Waals surface area contributed by atoms with Crippen LogP contribution in [-0.4, -0.2) is 27.8 Å². The fourth-order valence-electron chi connectivity index (χ4n) is 1.26. The molecule has 0 bridgehead atoms. The first-order chi connectivity index (χ1) is 8.11. The third-order valence-corrected chi connectivity index (χ3v) is 2.07. The Morgan fingerprint density at radius 2 is 2.29 bits per heavy atom. The standard InChI is InChI=1S/C10H9FN4O2/c1-17-10(16)9-7(12)5-15(14-9)8-3-2-6(11)4-13-8/h2-5H,12H2,1H3. The van der Waals surface area contributed by atoms with Crippen molar-refractivity contribution >= 4 is 11.7 Å². The molecule has 2 aromatic heterocycles. The minimum absolute atomic E-state index is 0.00127. The average molecular weight is 236 g/mol. The molecule has 0 saturated heterocycles. The summed E-state index contributed by atoms with van der Waals surface area (Å²) in [5.41, 5.74) is 5.77. The number of carbonyl (C=O) groups excluding carboxylic acids is 1. The van der Waals surface area contributed by atoms with E-state index in [-0.39, 0.29) is 11.4 Å². The normalized spacial score (nSPS) is 10.2. The molecule has 0 aromatic carbocycles. The Morgan fingerprint density at radius 3 is 2.88 bits per heavy atom. The van der Waals surface area contributed by atoms with Gasteiger partial charge in [-0.3, -0.25) is 0 Å². The van der Waals surface area contributed by atoms with Gasteiger partial charge in [0.25, 0.3) is 0 Å². The smallest absolute Gasteiger partial charge is 0.360 e. The maximum Gasteiger partial charge on any atom is 0.360 e. The lowest BCUT2D eigenvalue weighted by atomic mass is 10.4. The number of aromatic nitrogens is 3. The lowest BCUT2D eigenvalue weighted by Crippen LogP contribution is -2.06. The van der Waals surface area contributed by atoms with Crippen LogP contribution >= 0.6 is 0 Å². The molecule has 0 aliphatic rings. The number of nitrogens with two attached hydrogens (primary N) is 1. The molecule has 0 aliphatic carbocycles. The van der Waals surface area contributed by atoms with Gasteiger partial charge >= 0.3 is 5.97 Å². The Hall–Kier alpha value is -2.44. The number of methoxy groups -OCH3 is 1. The summed E-state index contributed by atoms with van der Waals surface area (Å²) >= 11 is 0. The van der Waals surface area contributed by atoms with Crippen molar-refractivity contribution in [2.45, 2.75) is 0 Å². The van der Waals surface area contributed by atoms with Gasteiger partial charge in [0.1, 0.15) is 5.82 Å². The summed E-state index contributed by atoms with van der Waals surface area (Å²) < 4.78 is 18.5. The first kappa shape index (κ1) is 11.1. The molecule has 0 saturated carbocycles. The third kappa shape index (κ3) is 2.07. The van der Waals surface area contributed by atoms with Crippen LogP contribution in [0.1, 0.15) is 10.5 Å². The van der Waals surface area contributed by atoms with Crippen LogP contribution in [0.5, 0.6) is 0 Å². The van der Waals surface area contributed by atoms with Crippen LogP contribution in [0.2, 0.25) is 0 Å². The number of hydrogen-bond donors (Lipinski definition) is 1. The largest absolute Gasteiger partial charge is 0.464 e. The summed E-state index contributed by atoms with van der Waals surface area (Å²) in [5.74, 6) is -0.737. The lowest BCUT2D eigenvalue weighted by molar-refractivity contribution is 0.0594. The number of esters is 1. The topological polar surface area (TPSA) is 83.0 Å². The minimum atomic E-state index is -0.636. The molecule has 0 spiro atoms. The quantitative estimate of drug-likeness (QED) is 0.779. The number of nitrogens with zero attached hydrogens (tertiary/aromatic N) is 3. The van der Waals surface area contributed by atoms with Crippen molar-refractivity contribution in [1.82, 2.24) is 14.8 Å². The van der Waals surface area contributed by atoms with Crippen molar-refractivity contribution in [3.63, 3.8) is 0 Å². The molecule has 6 nitrogen and oxygen atoms in total. The number of halogens is 1. The van der Waals surface area contributed by atoms with Crippen LogP contribution in [0.4, 0.5) is 10.1 Å². The van der Waals surface area contributed by atoms with E-state index in [4.69, 9.17) is 5.73 Å². The molecular weight excluding hydrogens is 227 g/mol. The molecule has 0 fully saturated rings. The Balaban J connectivity index is 2.41. The zero-order valence-corrected chi connectivity index (χ0v) is 8.92. The number of carbonyl (C=O) groups is 1. The average Bonchev–Trinajstić information content (AvgIpc) is 2.71. The summed E-state index contributed by atoms with van der Waals surface area (Å²) in [6, 6.07) is 2.65. The minimum Gasteiger partial charge on any atom is -0.464 e. The second-order valence-electron chi connectivity index (χ2n) is 3.20. The molecule has 7 heteroatoms. The predicted molar refractivity (Wildman–Crippen MR) is 57.1 cm³/mol. The van der Waals surface area contributed by atoms with Crippen molar-refractivity contribution in [2.75, 3.05) is 12.8 Å². The van der Waals surface area contributed by atoms with Crippen molar-refractivity contribution in [2.24, 2.45) is 0 Å². The molecule has 0 radical (unpaired) electrons. The maximum atomic E-state index is 12.7. The molecule has 17 heavy (non-hydrogen) atoms. The highest BCUT2D eigenvalue weighted by Gasteiger charge is 2.16. The second-order valence-corrected chi connectivity index (χ2v) is 3.20. The van der Waals surface area contributed by atoms with E-state index in [1.807, 2.05) is 0 Å². The van der Waals surface area contributed by atoms with Gasteiger partial charge in [-0.2, -0.15) is 5.10 Å². The molecule has 2 rings (SSSR count). The SMILES string of the molecule is COC(=O)c1nn(-c2ccc(F)cn2)cc1N. The van der Waals surface area contributed by atoms with Gasteiger partial charge in [0, 0.05) is 0 Å². The van der Waals surface area contributed by atoms with E-state index in [1.54, 1.807) is 0 Å². The van der Waals surface area contributed by atoms with Gasteiger partial charge in [-0.05, 0) is 12.1 Å². The number of rotatable bonds is 2. The van der Waals surface area contributed by atoms with Crippen LogP contribution in [0.3, 0.4) is 0 Å². The fourth-order valence-corrected chi connectivity index (χ4v) is 1.26. The van der Waals surface area contributed by atoms with Crippen molar-refractivity contribution in [3.05, 3.63) is 36.0 Å². The van der Waals surface area contributed by atoms with E-state index in [1.165, 1.54) is 30.1 Å². The van der Waals surface area contributed by atoms with E-state index >= 15 is 0 Å². The summed E-state index contributed by atoms with van der Waals surface area (Å²) in [6.07, 6.45) is 2.46. The van der Waals surface area contributed by atoms with Gasteiger partial charge in [-0.25, -0.2) is 18.9 Å². The molecule has 2 N–H and O–H groups in total. The molecule has 2 heterocycles. The summed E-state index contributed by atoms with van der Waals surface area (Å²) in [7, 11) is 1.23. The Kier molecular flexibility index (Phi) is 2.73. The van der Waals surface area contributed by atoms with Crippen LogP contribution in [-0.2, 0) is 4.74 Å². The number of pyridine rings is 1. The Bertz CT molecular complexity index is 550. The van der Waals surface area contributed by atoms with Crippen molar-refractivity contribution < 1.29 is 13.9 Å². The summed E-state index contributed by atoms with van der Waals surface area (Å²) in [4.78, 5) is 15.1. The highest BCUT2D eigenvalue weighted by Crippen LogP contribution is 2.13. The Morgan fingerprint density at radius 1 is 1.53 bits per heavy atom. The highest BCUT2D eigenvalue weighted by atomic mass is 19.1. The van der Waals surface area contributed by atoms with Gasteiger partial charge < -0.3 is 10.5 Å². The molecule has 0 atom stereocenters. The van der Waals surface area contributed by atoms with E-state index in [9.17, 15) is 9.18 Å². The maximum absolute atomic E-state index is 12.7. The molecule has 88 valence electrons. The van der Waals surface area contributed by atoms with Crippen LogP contribution in [0.25, 0.3) is 5.82 Å². The molecule has 0 amide bonds. The molecule has 2 aromatic rings. The van der Waals surface area contributed by atoms with E-state index in [2.05, 4.69) is 14.8 Å².